The molecule has 2 aromatic carbocycles. The number of amides is 1. The summed E-state index contributed by atoms with van der Waals surface area (Å²) in [5.41, 5.74) is 1.96. The second-order valence-corrected chi connectivity index (χ2v) is 5.69. The van der Waals surface area contributed by atoms with Gasteiger partial charge in [-0.25, -0.2) is 0 Å². The Kier molecular flexibility index (Phi) is 5.62. The Labute approximate surface area is 132 Å². The van der Waals surface area contributed by atoms with Crippen LogP contribution < -0.4 is 5.32 Å². The first-order chi connectivity index (χ1) is 9.66. The third-order valence-electron chi connectivity index (χ3n) is 2.94. The van der Waals surface area contributed by atoms with Crippen LogP contribution in [0.25, 0.3) is 0 Å². The van der Waals surface area contributed by atoms with Crippen molar-refractivity contribution in [3.63, 3.8) is 0 Å². The largest absolute Gasteiger partial charge is 0.325 e. The summed E-state index contributed by atoms with van der Waals surface area (Å²) in [6.07, 6.45) is 2.23. The van der Waals surface area contributed by atoms with Crippen molar-refractivity contribution in [1.82, 2.24) is 0 Å². The van der Waals surface area contributed by atoms with Crippen molar-refractivity contribution in [3.05, 3.63) is 63.6 Å². The van der Waals surface area contributed by atoms with Gasteiger partial charge in [-0.05, 0) is 46.5 Å². The van der Waals surface area contributed by atoms with E-state index in [-0.39, 0.29) is 5.91 Å². The highest BCUT2D eigenvalue weighted by atomic mass is 79.9. The molecule has 0 fully saturated rings. The molecule has 0 atom stereocenters. The summed E-state index contributed by atoms with van der Waals surface area (Å²) < 4.78 is 0.720. The van der Waals surface area contributed by atoms with Gasteiger partial charge < -0.3 is 5.32 Å². The molecule has 1 amide bonds. The zero-order chi connectivity index (χ0) is 14.4. The van der Waals surface area contributed by atoms with E-state index >= 15 is 0 Å². The molecule has 0 aliphatic carbocycles. The lowest BCUT2D eigenvalue weighted by molar-refractivity contribution is -0.116. The third kappa shape index (κ3) is 4.36. The number of nitrogens with one attached hydrogen (secondary N) is 1. The molecular formula is C16H15BrClNO. The zero-order valence-electron chi connectivity index (χ0n) is 10.9. The normalized spacial score (nSPS) is 10.3. The summed E-state index contributed by atoms with van der Waals surface area (Å²) in [4.78, 5) is 11.9. The average Bonchev–Trinajstić information content (AvgIpc) is 2.45. The van der Waals surface area contributed by atoms with Crippen LogP contribution in [0.15, 0.2) is 53.0 Å². The minimum atomic E-state index is 0.00361. The highest BCUT2D eigenvalue weighted by Crippen LogP contribution is 2.30. The van der Waals surface area contributed by atoms with Crippen LogP contribution >= 0.6 is 27.5 Å². The highest BCUT2D eigenvalue weighted by Gasteiger charge is 2.07. The van der Waals surface area contributed by atoms with Gasteiger partial charge in [0.25, 0.3) is 0 Å². The van der Waals surface area contributed by atoms with E-state index in [2.05, 4.69) is 33.4 Å². The van der Waals surface area contributed by atoms with Crippen LogP contribution in [-0.4, -0.2) is 5.91 Å². The van der Waals surface area contributed by atoms with Crippen LogP contribution in [0.1, 0.15) is 18.4 Å². The average molecular weight is 353 g/mol. The topological polar surface area (TPSA) is 29.1 Å². The first-order valence-electron chi connectivity index (χ1n) is 6.44. The van der Waals surface area contributed by atoms with Gasteiger partial charge in [0.2, 0.25) is 5.91 Å². The lowest BCUT2D eigenvalue weighted by Gasteiger charge is -2.08. The molecule has 104 valence electrons. The molecule has 0 radical (unpaired) electrons. The van der Waals surface area contributed by atoms with E-state index in [1.54, 1.807) is 6.07 Å². The molecule has 0 aromatic heterocycles. The van der Waals surface area contributed by atoms with E-state index in [0.717, 1.165) is 17.3 Å². The Morgan fingerprint density at radius 1 is 1.10 bits per heavy atom. The fourth-order valence-corrected chi connectivity index (χ4v) is 2.45. The fraction of sp³-hybridized carbons (Fsp3) is 0.188. The molecule has 1 N–H and O–H groups in total. The fourth-order valence-electron chi connectivity index (χ4n) is 1.91. The zero-order valence-corrected chi connectivity index (χ0v) is 13.2. The molecular weight excluding hydrogens is 338 g/mol. The number of aryl methyl sites for hydroxylation is 1. The van der Waals surface area contributed by atoms with Gasteiger partial charge in [-0.3, -0.25) is 4.79 Å². The second-order valence-electron chi connectivity index (χ2n) is 4.49. The SMILES string of the molecule is O=C(CCCc1ccccc1)Nc1cccc(Cl)c1Br. The van der Waals surface area contributed by atoms with Crippen molar-refractivity contribution < 1.29 is 4.79 Å². The predicted molar refractivity (Wildman–Crippen MR) is 87.2 cm³/mol. The van der Waals surface area contributed by atoms with Gasteiger partial charge in [0.15, 0.2) is 0 Å². The van der Waals surface area contributed by atoms with Crippen LogP contribution in [-0.2, 0) is 11.2 Å². The number of hydrogen-bond acceptors (Lipinski definition) is 1. The maximum absolute atomic E-state index is 11.9. The summed E-state index contributed by atoms with van der Waals surface area (Å²) in [6.45, 7) is 0. The maximum Gasteiger partial charge on any atom is 0.224 e. The lowest BCUT2D eigenvalue weighted by Crippen LogP contribution is -2.12. The Morgan fingerprint density at radius 3 is 2.60 bits per heavy atom. The van der Waals surface area contributed by atoms with Gasteiger partial charge in [0.1, 0.15) is 0 Å². The molecule has 0 unspecified atom stereocenters. The number of anilines is 1. The van der Waals surface area contributed by atoms with Gasteiger partial charge in [-0.1, -0.05) is 48.0 Å². The van der Waals surface area contributed by atoms with Crippen LogP contribution in [0.4, 0.5) is 5.69 Å². The van der Waals surface area contributed by atoms with E-state index in [9.17, 15) is 4.79 Å². The number of rotatable bonds is 5. The summed E-state index contributed by atoms with van der Waals surface area (Å²) in [5, 5.41) is 3.46. The quantitative estimate of drug-likeness (QED) is 0.800. The third-order valence-corrected chi connectivity index (χ3v) is 4.34. The van der Waals surface area contributed by atoms with E-state index in [1.807, 2.05) is 30.3 Å². The van der Waals surface area contributed by atoms with Gasteiger partial charge >= 0.3 is 0 Å². The molecule has 0 aliphatic heterocycles. The summed E-state index contributed by atoms with van der Waals surface area (Å²) in [7, 11) is 0. The number of hydrogen-bond donors (Lipinski definition) is 1. The summed E-state index contributed by atoms with van der Waals surface area (Å²) in [6, 6.07) is 15.6. The smallest absolute Gasteiger partial charge is 0.224 e. The van der Waals surface area contributed by atoms with Crippen LogP contribution in [0, 0.1) is 0 Å². The summed E-state index contributed by atoms with van der Waals surface area (Å²) >= 11 is 9.35. The monoisotopic (exact) mass is 351 g/mol. The van der Waals surface area contributed by atoms with Crippen molar-refractivity contribution in [3.8, 4) is 0 Å². The Morgan fingerprint density at radius 2 is 1.85 bits per heavy atom. The van der Waals surface area contributed by atoms with Gasteiger partial charge in [-0.2, -0.15) is 0 Å². The number of carbonyl (C=O) groups is 1. The van der Waals surface area contributed by atoms with Crippen LogP contribution in [0.3, 0.4) is 0 Å². The highest BCUT2D eigenvalue weighted by molar-refractivity contribution is 9.10. The number of carbonyl (C=O) groups excluding carboxylic acids is 1. The van der Waals surface area contributed by atoms with E-state index in [4.69, 9.17) is 11.6 Å². The molecule has 0 saturated carbocycles. The molecule has 0 bridgehead atoms. The Hall–Kier alpha value is -1.32. The first kappa shape index (κ1) is 15.1. The van der Waals surface area contributed by atoms with Crippen molar-refractivity contribution >= 4 is 39.1 Å². The second kappa shape index (κ2) is 7.46. The lowest BCUT2D eigenvalue weighted by atomic mass is 10.1. The number of benzene rings is 2. The standard InChI is InChI=1S/C16H15BrClNO/c17-16-13(18)9-5-10-14(16)19-15(20)11-4-8-12-6-2-1-3-7-12/h1-3,5-7,9-10H,4,8,11H2,(H,19,20). The van der Waals surface area contributed by atoms with Crippen molar-refractivity contribution in [1.29, 1.82) is 0 Å². The van der Waals surface area contributed by atoms with Gasteiger partial charge in [0.05, 0.1) is 15.2 Å². The molecule has 2 nitrogen and oxygen atoms in total. The van der Waals surface area contributed by atoms with Gasteiger partial charge in [-0.15, -0.1) is 0 Å². The van der Waals surface area contributed by atoms with E-state index in [1.165, 1.54) is 5.56 Å². The van der Waals surface area contributed by atoms with E-state index < -0.39 is 0 Å². The molecule has 0 heterocycles. The van der Waals surface area contributed by atoms with E-state index in [0.29, 0.717) is 17.1 Å². The van der Waals surface area contributed by atoms with Crippen LogP contribution in [0.5, 0.6) is 0 Å². The molecule has 20 heavy (non-hydrogen) atoms. The first-order valence-corrected chi connectivity index (χ1v) is 7.61. The molecule has 2 aromatic rings. The van der Waals surface area contributed by atoms with Crippen molar-refractivity contribution in [2.75, 3.05) is 5.32 Å². The van der Waals surface area contributed by atoms with Crippen molar-refractivity contribution in [2.24, 2.45) is 0 Å². The predicted octanol–water partition coefficient (Wildman–Crippen LogP) is 5.06. The van der Waals surface area contributed by atoms with Crippen molar-refractivity contribution in [2.45, 2.75) is 19.3 Å². The Bertz CT molecular complexity index is 586. The molecule has 0 spiro atoms. The van der Waals surface area contributed by atoms with Crippen LogP contribution in [0.2, 0.25) is 5.02 Å². The number of halogens is 2. The molecule has 2 rings (SSSR count). The minimum Gasteiger partial charge on any atom is -0.325 e. The Balaban J connectivity index is 1.82. The summed E-state index contributed by atoms with van der Waals surface area (Å²) in [5.74, 6) is 0.00361. The van der Waals surface area contributed by atoms with Gasteiger partial charge in [0, 0.05) is 6.42 Å². The molecule has 0 saturated heterocycles. The molecule has 0 aliphatic rings. The molecule has 4 heteroatoms. The minimum absolute atomic E-state index is 0.00361. The maximum atomic E-state index is 11.9.